The van der Waals surface area contributed by atoms with Crippen molar-refractivity contribution in [2.24, 2.45) is 4.99 Å². The SMILES string of the molecule is CCCCOCCOCCNC(=NC)NCc1cc(F)ccc1Br. The van der Waals surface area contributed by atoms with Crippen LogP contribution in [0.15, 0.2) is 27.7 Å². The second-order valence-electron chi connectivity index (χ2n) is 5.17. The molecule has 0 heterocycles. The van der Waals surface area contributed by atoms with Crippen LogP contribution in [0.5, 0.6) is 0 Å². The van der Waals surface area contributed by atoms with Gasteiger partial charge >= 0.3 is 0 Å². The maximum absolute atomic E-state index is 13.3. The summed E-state index contributed by atoms with van der Waals surface area (Å²) in [6.45, 7) is 5.84. The maximum atomic E-state index is 13.3. The van der Waals surface area contributed by atoms with Gasteiger partial charge < -0.3 is 20.1 Å². The van der Waals surface area contributed by atoms with Gasteiger partial charge in [-0.2, -0.15) is 0 Å². The molecule has 0 amide bonds. The predicted octanol–water partition coefficient (Wildman–Crippen LogP) is 3.09. The summed E-state index contributed by atoms with van der Waals surface area (Å²) >= 11 is 3.41. The molecule has 7 heteroatoms. The third-order valence-electron chi connectivity index (χ3n) is 3.23. The number of hydrogen-bond acceptors (Lipinski definition) is 3. The number of nitrogens with one attached hydrogen (secondary N) is 2. The van der Waals surface area contributed by atoms with Gasteiger partial charge in [0.05, 0.1) is 19.8 Å². The highest BCUT2D eigenvalue weighted by atomic mass is 79.9. The molecule has 136 valence electrons. The van der Waals surface area contributed by atoms with Crippen LogP contribution in [0.2, 0.25) is 0 Å². The van der Waals surface area contributed by atoms with Crippen molar-refractivity contribution in [1.29, 1.82) is 0 Å². The molecule has 0 spiro atoms. The van der Waals surface area contributed by atoms with Gasteiger partial charge in [0.25, 0.3) is 0 Å². The highest BCUT2D eigenvalue weighted by Gasteiger charge is 2.03. The quantitative estimate of drug-likeness (QED) is 0.338. The summed E-state index contributed by atoms with van der Waals surface area (Å²) in [4.78, 5) is 4.13. The Hall–Kier alpha value is -1.18. The van der Waals surface area contributed by atoms with Crippen molar-refractivity contribution < 1.29 is 13.9 Å². The van der Waals surface area contributed by atoms with Crippen LogP contribution in [0.25, 0.3) is 0 Å². The minimum absolute atomic E-state index is 0.257. The lowest BCUT2D eigenvalue weighted by molar-refractivity contribution is 0.0487. The Balaban J connectivity index is 2.14. The predicted molar refractivity (Wildman–Crippen MR) is 98.8 cm³/mol. The van der Waals surface area contributed by atoms with Crippen LogP contribution in [-0.4, -0.2) is 46.0 Å². The number of aliphatic imine (C=N–C) groups is 1. The molecule has 0 aliphatic carbocycles. The first kappa shape index (κ1) is 20.9. The molecule has 0 unspecified atom stereocenters. The van der Waals surface area contributed by atoms with E-state index in [-0.39, 0.29) is 5.82 Å². The molecule has 0 bridgehead atoms. The molecule has 5 nitrogen and oxygen atoms in total. The van der Waals surface area contributed by atoms with Gasteiger partial charge in [0, 0.05) is 31.2 Å². The average Bonchev–Trinajstić information content (AvgIpc) is 2.58. The largest absolute Gasteiger partial charge is 0.379 e. The standard InChI is InChI=1S/C17H27BrFN3O2/c1-3-4-8-23-10-11-24-9-7-21-17(20-2)22-13-14-12-15(19)5-6-16(14)18/h5-6,12H,3-4,7-11,13H2,1-2H3,(H2,20,21,22). The molecule has 0 saturated carbocycles. The fraction of sp³-hybridized carbons (Fsp3) is 0.588. The van der Waals surface area contributed by atoms with E-state index in [4.69, 9.17) is 9.47 Å². The van der Waals surface area contributed by atoms with Crippen LogP contribution in [0.4, 0.5) is 4.39 Å². The Morgan fingerprint density at radius 3 is 2.62 bits per heavy atom. The lowest BCUT2D eigenvalue weighted by atomic mass is 10.2. The van der Waals surface area contributed by atoms with Gasteiger partial charge in [0.2, 0.25) is 0 Å². The van der Waals surface area contributed by atoms with E-state index in [2.05, 4.69) is 38.5 Å². The second kappa shape index (κ2) is 13.1. The van der Waals surface area contributed by atoms with Gasteiger partial charge in [-0.05, 0) is 30.2 Å². The van der Waals surface area contributed by atoms with Gasteiger partial charge in [0.1, 0.15) is 5.82 Å². The van der Waals surface area contributed by atoms with Gasteiger partial charge in [-0.3, -0.25) is 4.99 Å². The Kier molecular flexibility index (Phi) is 11.4. The normalized spacial score (nSPS) is 11.6. The lowest BCUT2D eigenvalue weighted by Gasteiger charge is -2.13. The van der Waals surface area contributed by atoms with Gasteiger partial charge in [-0.15, -0.1) is 0 Å². The topological polar surface area (TPSA) is 54.9 Å². The van der Waals surface area contributed by atoms with E-state index in [1.165, 1.54) is 12.1 Å². The molecule has 1 aromatic rings. The number of nitrogens with zero attached hydrogens (tertiary/aromatic N) is 1. The smallest absolute Gasteiger partial charge is 0.191 e. The fourth-order valence-corrected chi connectivity index (χ4v) is 2.28. The molecule has 2 N–H and O–H groups in total. The molecule has 0 atom stereocenters. The molecule has 0 aliphatic heterocycles. The first-order valence-electron chi connectivity index (χ1n) is 8.21. The van der Waals surface area contributed by atoms with Crippen molar-refractivity contribution in [3.05, 3.63) is 34.1 Å². The molecule has 0 aliphatic rings. The van der Waals surface area contributed by atoms with E-state index in [9.17, 15) is 4.39 Å². The van der Waals surface area contributed by atoms with E-state index < -0.39 is 0 Å². The highest BCUT2D eigenvalue weighted by molar-refractivity contribution is 9.10. The van der Waals surface area contributed by atoms with Crippen LogP contribution in [0, 0.1) is 5.82 Å². The third kappa shape index (κ3) is 9.20. The zero-order valence-electron chi connectivity index (χ0n) is 14.4. The number of rotatable bonds is 11. The zero-order valence-corrected chi connectivity index (χ0v) is 16.0. The first-order valence-corrected chi connectivity index (χ1v) is 9.00. The van der Waals surface area contributed by atoms with Crippen molar-refractivity contribution in [3.8, 4) is 0 Å². The van der Waals surface area contributed by atoms with Crippen LogP contribution in [0.3, 0.4) is 0 Å². The molecular weight excluding hydrogens is 377 g/mol. The van der Waals surface area contributed by atoms with E-state index >= 15 is 0 Å². The van der Waals surface area contributed by atoms with Crippen molar-refractivity contribution in [3.63, 3.8) is 0 Å². The zero-order chi connectivity index (χ0) is 17.6. The van der Waals surface area contributed by atoms with Crippen molar-refractivity contribution >= 4 is 21.9 Å². The van der Waals surface area contributed by atoms with E-state index in [1.54, 1.807) is 13.1 Å². The fourth-order valence-electron chi connectivity index (χ4n) is 1.89. The lowest BCUT2D eigenvalue weighted by Crippen LogP contribution is -2.38. The number of hydrogen-bond donors (Lipinski definition) is 2. The Morgan fingerprint density at radius 1 is 1.17 bits per heavy atom. The molecule has 0 fully saturated rings. The molecule has 24 heavy (non-hydrogen) atoms. The van der Waals surface area contributed by atoms with Crippen LogP contribution in [0.1, 0.15) is 25.3 Å². The maximum Gasteiger partial charge on any atom is 0.191 e. The van der Waals surface area contributed by atoms with Crippen LogP contribution in [-0.2, 0) is 16.0 Å². The summed E-state index contributed by atoms with van der Waals surface area (Å²) in [5.74, 6) is 0.390. The molecule has 1 aromatic carbocycles. The Labute approximate surface area is 152 Å². The highest BCUT2D eigenvalue weighted by Crippen LogP contribution is 2.17. The third-order valence-corrected chi connectivity index (χ3v) is 4.00. The Bertz CT molecular complexity index is 501. The minimum atomic E-state index is -0.257. The molecular formula is C17H27BrFN3O2. The summed E-state index contributed by atoms with van der Waals surface area (Å²) < 4.78 is 25.0. The number of ether oxygens (including phenoxy) is 2. The van der Waals surface area contributed by atoms with Gasteiger partial charge in [-0.25, -0.2) is 4.39 Å². The second-order valence-corrected chi connectivity index (χ2v) is 6.02. The monoisotopic (exact) mass is 403 g/mol. The first-order chi connectivity index (χ1) is 11.7. The van der Waals surface area contributed by atoms with Crippen molar-refractivity contribution in [2.45, 2.75) is 26.3 Å². The molecule has 0 aromatic heterocycles. The number of benzene rings is 1. The molecule has 0 radical (unpaired) electrons. The summed E-state index contributed by atoms with van der Waals surface area (Å²) in [6.07, 6.45) is 2.23. The number of halogens is 2. The van der Waals surface area contributed by atoms with Crippen molar-refractivity contribution in [1.82, 2.24) is 10.6 Å². The Morgan fingerprint density at radius 2 is 1.92 bits per heavy atom. The van der Waals surface area contributed by atoms with Crippen molar-refractivity contribution in [2.75, 3.05) is 40.0 Å². The molecule has 1 rings (SSSR count). The summed E-state index contributed by atoms with van der Waals surface area (Å²) in [5.41, 5.74) is 0.832. The summed E-state index contributed by atoms with van der Waals surface area (Å²) in [7, 11) is 1.69. The summed E-state index contributed by atoms with van der Waals surface area (Å²) in [6, 6.07) is 4.61. The number of guanidine groups is 1. The van der Waals surface area contributed by atoms with E-state index in [1.807, 2.05) is 0 Å². The van der Waals surface area contributed by atoms with Gasteiger partial charge in [0.15, 0.2) is 5.96 Å². The van der Waals surface area contributed by atoms with E-state index in [0.717, 1.165) is 29.5 Å². The molecule has 0 saturated heterocycles. The average molecular weight is 404 g/mol. The van der Waals surface area contributed by atoms with E-state index in [0.29, 0.717) is 38.9 Å². The summed E-state index contributed by atoms with van der Waals surface area (Å²) in [5, 5.41) is 6.29. The van der Waals surface area contributed by atoms with Crippen LogP contribution >= 0.6 is 15.9 Å². The van der Waals surface area contributed by atoms with Crippen LogP contribution < -0.4 is 10.6 Å². The van der Waals surface area contributed by atoms with Gasteiger partial charge in [-0.1, -0.05) is 29.3 Å². The minimum Gasteiger partial charge on any atom is -0.379 e. The number of unbranched alkanes of at least 4 members (excludes halogenated alkanes) is 1.